The number of aryl methyl sites for hydroxylation is 1. The summed E-state index contributed by atoms with van der Waals surface area (Å²) in [6, 6.07) is 11.4. The van der Waals surface area contributed by atoms with Gasteiger partial charge >= 0.3 is 0 Å². The van der Waals surface area contributed by atoms with E-state index in [-0.39, 0.29) is 4.90 Å². The topological polar surface area (TPSA) is 105 Å². The Morgan fingerprint density at radius 2 is 1.84 bits per heavy atom. The van der Waals surface area contributed by atoms with Crippen molar-refractivity contribution in [2.24, 2.45) is 10.2 Å². The number of nitrogens with one attached hydrogen (secondary N) is 1. The monoisotopic (exact) mass is 357 g/mol. The largest absolute Gasteiger partial charge is 0.283 e. The second-order valence-electron chi connectivity index (χ2n) is 5.31. The van der Waals surface area contributed by atoms with Gasteiger partial charge in [-0.2, -0.15) is 0 Å². The van der Waals surface area contributed by atoms with Crippen LogP contribution in [0.3, 0.4) is 0 Å². The molecule has 0 unspecified atom stereocenters. The van der Waals surface area contributed by atoms with Crippen LogP contribution in [0.25, 0.3) is 5.65 Å². The maximum Gasteiger partial charge on any atom is 0.264 e. The van der Waals surface area contributed by atoms with E-state index in [1.807, 2.05) is 40.4 Å². The van der Waals surface area contributed by atoms with E-state index in [1.165, 1.54) is 24.3 Å². The quantitative estimate of drug-likeness (QED) is 0.725. The van der Waals surface area contributed by atoms with Gasteiger partial charge in [-0.3, -0.25) is 9.20 Å². The van der Waals surface area contributed by atoms with Gasteiger partial charge in [0.25, 0.3) is 10.0 Å². The number of pyridine rings is 1. The average molecular weight is 357 g/mol. The fourth-order valence-corrected chi connectivity index (χ4v) is 3.26. The second-order valence-corrected chi connectivity index (χ2v) is 6.99. The van der Waals surface area contributed by atoms with Gasteiger partial charge in [-0.25, -0.2) is 18.1 Å². The number of amides is 1. The number of nitrogens with zero attached hydrogens (tertiary/aromatic N) is 4. The number of rotatable bonds is 4. The number of carbonyl (C=O) groups is 1. The minimum atomic E-state index is -3.86. The molecular weight excluding hydrogens is 342 g/mol. The molecule has 25 heavy (non-hydrogen) atoms. The first-order valence-corrected chi connectivity index (χ1v) is 8.84. The highest BCUT2D eigenvalue weighted by Crippen LogP contribution is 2.24. The summed E-state index contributed by atoms with van der Waals surface area (Å²) in [6.45, 7) is 2.98. The highest BCUT2D eigenvalue weighted by molar-refractivity contribution is 7.90. The Bertz CT molecular complexity index is 1070. The second kappa shape index (κ2) is 6.44. The van der Waals surface area contributed by atoms with Crippen LogP contribution in [0.1, 0.15) is 12.6 Å². The normalized spacial score (nSPS) is 11.9. The highest BCUT2D eigenvalue weighted by atomic mass is 32.2. The molecule has 3 rings (SSSR count). The molecule has 0 aliphatic heterocycles. The van der Waals surface area contributed by atoms with Crippen molar-refractivity contribution < 1.29 is 13.2 Å². The molecule has 0 saturated heterocycles. The van der Waals surface area contributed by atoms with Gasteiger partial charge in [0.15, 0.2) is 5.82 Å². The zero-order valence-electron chi connectivity index (χ0n) is 13.5. The van der Waals surface area contributed by atoms with Crippen LogP contribution in [0, 0.1) is 6.92 Å². The van der Waals surface area contributed by atoms with Crippen molar-refractivity contribution in [2.45, 2.75) is 18.7 Å². The number of aromatic nitrogens is 2. The number of benzene rings is 1. The third-order valence-electron chi connectivity index (χ3n) is 3.36. The van der Waals surface area contributed by atoms with E-state index in [0.29, 0.717) is 11.5 Å². The van der Waals surface area contributed by atoms with E-state index in [0.717, 1.165) is 18.3 Å². The molecule has 128 valence electrons. The van der Waals surface area contributed by atoms with E-state index in [9.17, 15) is 13.2 Å². The summed E-state index contributed by atoms with van der Waals surface area (Å²) < 4.78 is 27.5. The molecule has 9 heteroatoms. The number of hydrogen-bond acceptors (Lipinski definition) is 6. The van der Waals surface area contributed by atoms with Gasteiger partial charge in [0.2, 0.25) is 5.91 Å². The molecule has 2 aromatic heterocycles. The van der Waals surface area contributed by atoms with Gasteiger partial charge < -0.3 is 0 Å². The molecule has 0 radical (unpaired) electrons. The van der Waals surface area contributed by atoms with E-state index in [1.54, 1.807) is 0 Å². The third kappa shape index (κ3) is 3.56. The van der Waals surface area contributed by atoms with Crippen LogP contribution in [0.5, 0.6) is 0 Å². The molecule has 1 aromatic carbocycles. The van der Waals surface area contributed by atoms with Crippen molar-refractivity contribution in [1.82, 2.24) is 14.1 Å². The first kappa shape index (κ1) is 16.8. The van der Waals surface area contributed by atoms with Crippen LogP contribution < -0.4 is 4.72 Å². The summed E-state index contributed by atoms with van der Waals surface area (Å²) in [7, 11) is -3.86. The van der Waals surface area contributed by atoms with E-state index in [4.69, 9.17) is 0 Å². The molecule has 3 aromatic rings. The zero-order valence-corrected chi connectivity index (χ0v) is 14.4. The number of azo groups is 1. The van der Waals surface area contributed by atoms with Crippen molar-refractivity contribution >= 4 is 33.1 Å². The summed E-state index contributed by atoms with van der Waals surface area (Å²) >= 11 is 0. The molecule has 8 nitrogen and oxygen atoms in total. The lowest BCUT2D eigenvalue weighted by Crippen LogP contribution is -2.28. The fraction of sp³-hybridized carbons (Fsp3) is 0.125. The number of imidazole rings is 1. The van der Waals surface area contributed by atoms with Gasteiger partial charge in [-0.15, -0.1) is 10.2 Å². The van der Waals surface area contributed by atoms with Crippen LogP contribution in [0.2, 0.25) is 0 Å². The number of hydrogen-bond donors (Lipinski definition) is 1. The lowest BCUT2D eigenvalue weighted by atomic mass is 10.3. The molecular formula is C16H15N5O3S. The molecule has 0 aliphatic rings. The Morgan fingerprint density at radius 1 is 1.12 bits per heavy atom. The minimum absolute atomic E-state index is 0.0207. The molecule has 0 saturated carbocycles. The smallest absolute Gasteiger partial charge is 0.264 e. The Morgan fingerprint density at radius 3 is 2.52 bits per heavy atom. The van der Waals surface area contributed by atoms with Crippen molar-refractivity contribution in [3.05, 3.63) is 54.4 Å². The molecule has 0 aliphatic carbocycles. The van der Waals surface area contributed by atoms with Gasteiger partial charge in [-0.05, 0) is 43.3 Å². The van der Waals surface area contributed by atoms with E-state index < -0.39 is 15.9 Å². The maximum absolute atomic E-state index is 11.9. The lowest BCUT2D eigenvalue weighted by molar-refractivity contribution is -0.117. The lowest BCUT2D eigenvalue weighted by Gasteiger charge is -2.04. The SMILES string of the molecule is CC(=O)NS(=O)(=O)c1ccc(N=Nc2c(C)nc3ccccn23)cc1. The first-order valence-electron chi connectivity index (χ1n) is 7.36. The standard InChI is InChI=1S/C16H15N5O3S/c1-11-16(21-10-4-3-5-15(21)17-11)19-18-13-6-8-14(9-7-13)25(23,24)20-12(2)22/h3-10H,1-2H3,(H,20,22). The Hall–Kier alpha value is -3.07. The van der Waals surface area contributed by atoms with Crippen LogP contribution in [-0.4, -0.2) is 23.7 Å². The Labute approximate surface area is 144 Å². The Balaban J connectivity index is 1.87. The zero-order chi connectivity index (χ0) is 18.0. The Kier molecular flexibility index (Phi) is 4.32. The minimum Gasteiger partial charge on any atom is -0.283 e. The molecule has 2 heterocycles. The molecule has 1 N–H and O–H groups in total. The number of sulfonamides is 1. The van der Waals surface area contributed by atoms with Gasteiger partial charge in [0.1, 0.15) is 5.65 Å². The van der Waals surface area contributed by atoms with E-state index >= 15 is 0 Å². The van der Waals surface area contributed by atoms with Gasteiger partial charge in [0.05, 0.1) is 16.3 Å². The molecule has 1 amide bonds. The van der Waals surface area contributed by atoms with Crippen molar-refractivity contribution in [3.8, 4) is 0 Å². The van der Waals surface area contributed by atoms with Crippen LogP contribution in [0.4, 0.5) is 11.5 Å². The summed E-state index contributed by atoms with van der Waals surface area (Å²) in [5.74, 6) is -0.0441. The summed E-state index contributed by atoms with van der Waals surface area (Å²) in [4.78, 5) is 15.3. The summed E-state index contributed by atoms with van der Waals surface area (Å²) in [5.41, 5.74) is 1.98. The summed E-state index contributed by atoms with van der Waals surface area (Å²) in [5, 5.41) is 8.34. The van der Waals surface area contributed by atoms with Crippen LogP contribution >= 0.6 is 0 Å². The van der Waals surface area contributed by atoms with Crippen molar-refractivity contribution in [1.29, 1.82) is 0 Å². The summed E-state index contributed by atoms with van der Waals surface area (Å²) in [6.07, 6.45) is 1.84. The average Bonchev–Trinajstić information content (AvgIpc) is 2.87. The molecule has 0 spiro atoms. The van der Waals surface area contributed by atoms with Crippen LogP contribution in [-0.2, 0) is 14.8 Å². The molecule has 0 bridgehead atoms. The van der Waals surface area contributed by atoms with Crippen LogP contribution in [0.15, 0.2) is 63.8 Å². The number of fused-ring (bicyclic) bond motifs is 1. The highest BCUT2D eigenvalue weighted by Gasteiger charge is 2.15. The molecule has 0 atom stereocenters. The van der Waals surface area contributed by atoms with Crippen molar-refractivity contribution in [2.75, 3.05) is 0 Å². The maximum atomic E-state index is 11.9. The third-order valence-corrected chi connectivity index (χ3v) is 4.81. The predicted molar refractivity (Wildman–Crippen MR) is 91.5 cm³/mol. The fourth-order valence-electron chi connectivity index (χ4n) is 2.27. The van der Waals surface area contributed by atoms with E-state index in [2.05, 4.69) is 15.2 Å². The molecule has 0 fully saturated rings. The number of carbonyl (C=O) groups excluding carboxylic acids is 1. The predicted octanol–water partition coefficient (Wildman–Crippen LogP) is 2.88. The first-order chi connectivity index (χ1) is 11.9. The van der Waals surface area contributed by atoms with Gasteiger partial charge in [-0.1, -0.05) is 6.07 Å². The van der Waals surface area contributed by atoms with Crippen molar-refractivity contribution in [3.63, 3.8) is 0 Å². The van der Waals surface area contributed by atoms with Gasteiger partial charge in [0, 0.05) is 13.1 Å².